The first-order valence-electron chi connectivity index (χ1n) is 12.3. The highest BCUT2D eigenvalue weighted by Crippen LogP contribution is 2.33. The van der Waals surface area contributed by atoms with Gasteiger partial charge in [0, 0.05) is 62.2 Å². The highest BCUT2D eigenvalue weighted by Gasteiger charge is 2.24. The fraction of sp³-hybridized carbons (Fsp3) is 0.393. The zero-order valence-corrected chi connectivity index (χ0v) is 20.1. The predicted octanol–water partition coefficient (Wildman–Crippen LogP) is 4.85. The van der Waals surface area contributed by atoms with Gasteiger partial charge in [0.15, 0.2) is 5.78 Å². The normalized spacial score (nSPS) is 16.5. The number of hydrogen-bond acceptors (Lipinski definition) is 6. The number of carbonyl (C=O) groups is 1. The van der Waals surface area contributed by atoms with Gasteiger partial charge in [-0.05, 0) is 68.1 Å². The Morgan fingerprint density at radius 1 is 1.00 bits per heavy atom. The van der Waals surface area contributed by atoms with Gasteiger partial charge in [0.25, 0.3) is 0 Å². The number of hydrogen-bond donors (Lipinski definition) is 1. The molecule has 2 aromatic carbocycles. The minimum atomic E-state index is 0.261. The van der Waals surface area contributed by atoms with Crippen LogP contribution in [0.5, 0.6) is 0 Å². The third kappa shape index (κ3) is 5.62. The molecular weight excluding hydrogens is 422 g/mol. The van der Waals surface area contributed by atoms with Crippen LogP contribution in [0.15, 0.2) is 54.7 Å². The van der Waals surface area contributed by atoms with Crippen LogP contribution in [0.25, 0.3) is 0 Å². The first kappa shape index (κ1) is 22.5. The molecular formula is C28H33N5O. The van der Waals surface area contributed by atoms with Crippen LogP contribution >= 0.6 is 0 Å². The summed E-state index contributed by atoms with van der Waals surface area (Å²) >= 11 is 0. The molecule has 6 nitrogen and oxygen atoms in total. The summed E-state index contributed by atoms with van der Waals surface area (Å²) in [4.78, 5) is 26.4. The average molecular weight is 456 g/mol. The number of benzene rings is 2. The number of Topliss-reactive ketones (excluding diaryl/α,β-unsaturated/α-hetero) is 1. The lowest BCUT2D eigenvalue weighted by atomic mass is 10.0. The van der Waals surface area contributed by atoms with E-state index in [1.807, 2.05) is 37.4 Å². The summed E-state index contributed by atoms with van der Waals surface area (Å²) in [5.74, 6) is 1.48. The van der Waals surface area contributed by atoms with Gasteiger partial charge in [0.05, 0.1) is 5.69 Å². The Morgan fingerprint density at radius 2 is 1.71 bits per heavy atom. The molecule has 3 aromatic rings. The molecule has 6 heteroatoms. The van der Waals surface area contributed by atoms with E-state index in [9.17, 15) is 4.79 Å². The van der Waals surface area contributed by atoms with Gasteiger partial charge >= 0.3 is 0 Å². The lowest BCUT2D eigenvalue weighted by Crippen LogP contribution is -2.44. The van der Waals surface area contributed by atoms with E-state index in [2.05, 4.69) is 51.4 Å². The van der Waals surface area contributed by atoms with Crippen LogP contribution in [-0.2, 0) is 6.42 Å². The smallest absolute Gasteiger partial charge is 0.227 e. The molecule has 0 unspecified atom stereocenters. The fourth-order valence-electron chi connectivity index (χ4n) is 4.37. The highest BCUT2D eigenvalue weighted by atomic mass is 16.1. The number of ketones is 1. The van der Waals surface area contributed by atoms with Crippen molar-refractivity contribution in [2.45, 2.75) is 32.6 Å². The van der Waals surface area contributed by atoms with Gasteiger partial charge in [-0.15, -0.1) is 0 Å². The zero-order chi connectivity index (χ0) is 23.5. The summed E-state index contributed by atoms with van der Waals surface area (Å²) in [7, 11) is 2.17. The molecule has 1 saturated heterocycles. The monoisotopic (exact) mass is 455 g/mol. The summed E-state index contributed by atoms with van der Waals surface area (Å²) in [5, 5.41) is 3.35. The second kappa shape index (κ2) is 9.94. The number of rotatable bonds is 8. The third-order valence-electron chi connectivity index (χ3n) is 6.89. The highest BCUT2D eigenvalue weighted by molar-refractivity contribution is 5.96. The average Bonchev–Trinajstić information content (AvgIpc) is 3.67. The molecule has 1 aromatic heterocycles. The van der Waals surface area contributed by atoms with Gasteiger partial charge in [-0.2, -0.15) is 0 Å². The van der Waals surface area contributed by atoms with Crippen molar-refractivity contribution in [1.29, 1.82) is 0 Å². The maximum atomic E-state index is 12.3. The summed E-state index contributed by atoms with van der Waals surface area (Å²) < 4.78 is 0. The molecule has 1 N–H and O–H groups in total. The van der Waals surface area contributed by atoms with E-state index in [-0.39, 0.29) is 5.78 Å². The van der Waals surface area contributed by atoms with Crippen molar-refractivity contribution in [2.24, 2.45) is 5.92 Å². The van der Waals surface area contributed by atoms with E-state index in [1.54, 1.807) is 0 Å². The maximum absolute atomic E-state index is 12.3. The van der Waals surface area contributed by atoms with Crippen LogP contribution in [0.1, 0.15) is 46.4 Å². The van der Waals surface area contributed by atoms with Crippen LogP contribution in [0.2, 0.25) is 0 Å². The lowest BCUT2D eigenvalue weighted by molar-refractivity contribution is 0.0976. The van der Waals surface area contributed by atoms with Crippen molar-refractivity contribution in [3.05, 3.63) is 77.1 Å². The van der Waals surface area contributed by atoms with E-state index in [0.717, 1.165) is 54.3 Å². The molecule has 0 radical (unpaired) electrons. The molecule has 176 valence electrons. The first-order chi connectivity index (χ1) is 16.5. The van der Waals surface area contributed by atoms with Crippen LogP contribution < -0.4 is 10.2 Å². The topological polar surface area (TPSA) is 61.4 Å². The summed E-state index contributed by atoms with van der Waals surface area (Å²) in [6, 6.07) is 16.5. The summed E-state index contributed by atoms with van der Waals surface area (Å²) in [5.41, 5.74) is 6.24. The number of aryl methyl sites for hydroxylation is 1. The molecule has 2 aliphatic rings. The second-order valence-electron chi connectivity index (χ2n) is 9.73. The Balaban J connectivity index is 1.22. The summed E-state index contributed by atoms with van der Waals surface area (Å²) in [6.45, 7) is 6.35. The van der Waals surface area contributed by atoms with Crippen LogP contribution in [0.4, 0.5) is 17.3 Å². The predicted molar refractivity (Wildman–Crippen MR) is 137 cm³/mol. The Morgan fingerprint density at radius 3 is 2.38 bits per heavy atom. The molecule has 1 aliphatic carbocycles. The van der Waals surface area contributed by atoms with E-state index in [4.69, 9.17) is 4.98 Å². The van der Waals surface area contributed by atoms with Gasteiger partial charge in [-0.1, -0.05) is 24.3 Å². The number of anilines is 3. The SMILES string of the molecule is Cc1cnc(Nc2ccc(N3CCN(C)CC3)cc2)nc1Cc1ccc(C(=O)CC2CC2)cc1. The quantitative estimate of drug-likeness (QED) is 0.490. The number of aromatic nitrogens is 2. The van der Waals surface area contributed by atoms with Crippen molar-refractivity contribution in [1.82, 2.24) is 14.9 Å². The Bertz CT molecular complexity index is 1130. The van der Waals surface area contributed by atoms with Crippen LogP contribution in [0.3, 0.4) is 0 Å². The van der Waals surface area contributed by atoms with E-state index < -0.39 is 0 Å². The maximum Gasteiger partial charge on any atom is 0.227 e. The number of piperazine rings is 1. The Labute approximate surface area is 202 Å². The lowest BCUT2D eigenvalue weighted by Gasteiger charge is -2.34. The minimum Gasteiger partial charge on any atom is -0.369 e. The van der Waals surface area contributed by atoms with Gasteiger partial charge in [0.2, 0.25) is 5.95 Å². The van der Waals surface area contributed by atoms with E-state index >= 15 is 0 Å². The second-order valence-corrected chi connectivity index (χ2v) is 9.73. The molecule has 5 rings (SSSR count). The van der Waals surface area contributed by atoms with Gasteiger partial charge < -0.3 is 15.1 Å². The number of likely N-dealkylation sites (N-methyl/N-ethyl adjacent to an activating group) is 1. The first-order valence-corrected chi connectivity index (χ1v) is 12.3. The van der Waals surface area contributed by atoms with Gasteiger partial charge in [-0.25, -0.2) is 9.97 Å². The molecule has 2 heterocycles. The van der Waals surface area contributed by atoms with Crippen LogP contribution in [0, 0.1) is 12.8 Å². The molecule has 34 heavy (non-hydrogen) atoms. The van der Waals surface area contributed by atoms with Crippen molar-refractivity contribution >= 4 is 23.1 Å². The van der Waals surface area contributed by atoms with Crippen molar-refractivity contribution in [3.63, 3.8) is 0 Å². The number of carbonyl (C=O) groups excluding carboxylic acids is 1. The number of nitrogens with one attached hydrogen (secondary N) is 1. The molecule has 1 saturated carbocycles. The summed E-state index contributed by atoms with van der Waals surface area (Å²) in [6.07, 6.45) is 5.68. The van der Waals surface area contributed by atoms with Crippen molar-refractivity contribution < 1.29 is 4.79 Å². The molecule has 0 atom stereocenters. The Kier molecular flexibility index (Phi) is 6.59. The molecule has 1 aliphatic heterocycles. The van der Waals surface area contributed by atoms with Crippen LogP contribution in [-0.4, -0.2) is 53.9 Å². The molecule has 0 amide bonds. The van der Waals surface area contributed by atoms with Gasteiger partial charge in [0.1, 0.15) is 0 Å². The van der Waals surface area contributed by atoms with Gasteiger partial charge in [-0.3, -0.25) is 4.79 Å². The van der Waals surface area contributed by atoms with E-state index in [1.165, 1.54) is 18.5 Å². The standard InChI is InChI=1S/C28H33N5O/c1-20-19-29-28(30-24-9-11-25(12-10-24)33-15-13-32(2)14-16-33)31-26(20)17-21-5-7-23(8-6-21)27(34)18-22-3-4-22/h5-12,19,22H,3-4,13-18H2,1-2H3,(H,29,30,31). The van der Waals surface area contributed by atoms with Crippen molar-refractivity contribution in [2.75, 3.05) is 43.4 Å². The molecule has 2 fully saturated rings. The minimum absolute atomic E-state index is 0.261. The largest absolute Gasteiger partial charge is 0.369 e. The third-order valence-corrected chi connectivity index (χ3v) is 6.89. The Hall–Kier alpha value is -3.25. The molecule has 0 bridgehead atoms. The molecule has 0 spiro atoms. The number of nitrogens with zero attached hydrogens (tertiary/aromatic N) is 4. The van der Waals surface area contributed by atoms with E-state index in [0.29, 0.717) is 24.7 Å². The fourth-order valence-corrected chi connectivity index (χ4v) is 4.37. The zero-order valence-electron chi connectivity index (χ0n) is 20.1. The van der Waals surface area contributed by atoms with Crippen molar-refractivity contribution in [3.8, 4) is 0 Å².